The molecule has 1 aromatic heterocycles. The maximum Gasteiger partial charge on any atom is 0.318 e. The average Bonchev–Trinajstić information content (AvgIpc) is 3.27. The summed E-state index contributed by atoms with van der Waals surface area (Å²) in [7, 11) is 1.58. The van der Waals surface area contributed by atoms with E-state index in [9.17, 15) is 9.90 Å². The molecule has 2 aliphatic heterocycles. The highest BCUT2D eigenvalue weighted by Gasteiger charge is 2.30. The van der Waals surface area contributed by atoms with Crippen molar-refractivity contribution in [3.05, 3.63) is 65.9 Å². The standard InChI is InChI=1S/C25H27N5O3/c1-3-23(32)29-10-12-30(13-11-29)24-20-15-28(16-21(20)26-25(27-24)33-2)14-19-18-7-5-4-6-17(18)8-9-22(19)31/h3-9,31H,1,10-16H2,2H3. The third-order valence-electron chi connectivity index (χ3n) is 6.45. The molecule has 0 radical (unpaired) electrons. The first-order chi connectivity index (χ1) is 16.1. The van der Waals surface area contributed by atoms with Crippen molar-refractivity contribution in [3.8, 4) is 11.8 Å². The Bertz CT molecular complexity index is 1220. The summed E-state index contributed by atoms with van der Waals surface area (Å²) in [6.07, 6.45) is 1.36. The van der Waals surface area contributed by atoms with Gasteiger partial charge in [0.2, 0.25) is 5.91 Å². The van der Waals surface area contributed by atoms with Crippen molar-refractivity contribution in [1.29, 1.82) is 0 Å². The van der Waals surface area contributed by atoms with Crippen molar-refractivity contribution in [1.82, 2.24) is 19.8 Å². The second-order valence-corrected chi connectivity index (χ2v) is 8.41. The van der Waals surface area contributed by atoms with E-state index in [2.05, 4.69) is 32.4 Å². The Kier molecular flexibility index (Phi) is 5.60. The molecule has 0 aliphatic carbocycles. The molecule has 33 heavy (non-hydrogen) atoms. The van der Waals surface area contributed by atoms with Gasteiger partial charge in [-0.15, -0.1) is 0 Å². The minimum absolute atomic E-state index is 0.0405. The predicted octanol–water partition coefficient (Wildman–Crippen LogP) is 2.69. The number of rotatable bonds is 5. The minimum atomic E-state index is -0.0405. The molecule has 0 atom stereocenters. The van der Waals surface area contributed by atoms with Gasteiger partial charge in [0.05, 0.1) is 12.8 Å². The highest BCUT2D eigenvalue weighted by molar-refractivity contribution is 5.88. The molecule has 0 spiro atoms. The molecule has 170 valence electrons. The van der Waals surface area contributed by atoms with Crippen molar-refractivity contribution >= 4 is 22.5 Å². The number of amides is 1. The maximum absolute atomic E-state index is 12.0. The van der Waals surface area contributed by atoms with E-state index < -0.39 is 0 Å². The number of methoxy groups -OCH3 is 1. The SMILES string of the molecule is C=CC(=O)N1CCN(c2nc(OC)nc3c2CN(Cc2c(O)ccc4ccccc24)C3)CC1. The van der Waals surface area contributed by atoms with Gasteiger partial charge in [0.15, 0.2) is 0 Å². The summed E-state index contributed by atoms with van der Waals surface area (Å²) in [5.74, 6) is 1.13. The molecule has 5 rings (SSSR count). The lowest BCUT2D eigenvalue weighted by atomic mass is 10.0. The number of anilines is 1. The number of aromatic hydroxyl groups is 1. The molecule has 1 N–H and O–H groups in total. The molecular weight excluding hydrogens is 418 g/mol. The van der Waals surface area contributed by atoms with Crippen molar-refractivity contribution < 1.29 is 14.6 Å². The zero-order valence-electron chi connectivity index (χ0n) is 18.7. The summed E-state index contributed by atoms with van der Waals surface area (Å²) in [6.45, 7) is 8.16. The minimum Gasteiger partial charge on any atom is -0.508 e. The zero-order chi connectivity index (χ0) is 22.9. The van der Waals surface area contributed by atoms with Crippen LogP contribution >= 0.6 is 0 Å². The predicted molar refractivity (Wildman–Crippen MR) is 126 cm³/mol. The first-order valence-corrected chi connectivity index (χ1v) is 11.1. The molecule has 0 bridgehead atoms. The topological polar surface area (TPSA) is 82.0 Å². The van der Waals surface area contributed by atoms with Crippen molar-refractivity contribution in [2.45, 2.75) is 19.6 Å². The van der Waals surface area contributed by atoms with E-state index in [1.807, 2.05) is 24.3 Å². The molecular formula is C25H27N5O3. The lowest BCUT2D eigenvalue weighted by molar-refractivity contribution is -0.126. The average molecular weight is 446 g/mol. The summed E-state index contributed by atoms with van der Waals surface area (Å²) in [5, 5.41) is 12.8. The normalized spacial score (nSPS) is 16.2. The molecule has 0 unspecified atom stereocenters. The number of benzene rings is 2. The number of carbonyl (C=O) groups excluding carboxylic acids is 1. The fourth-order valence-corrected chi connectivity index (χ4v) is 4.73. The number of hydrogen-bond acceptors (Lipinski definition) is 7. The van der Waals surface area contributed by atoms with Crippen LogP contribution in [0.15, 0.2) is 49.1 Å². The van der Waals surface area contributed by atoms with Crippen LogP contribution in [0.5, 0.6) is 11.8 Å². The largest absolute Gasteiger partial charge is 0.508 e. The van der Waals surface area contributed by atoms with E-state index in [-0.39, 0.29) is 5.91 Å². The van der Waals surface area contributed by atoms with Crippen LogP contribution in [0.3, 0.4) is 0 Å². The molecule has 2 aliphatic rings. The Balaban J connectivity index is 1.40. The second-order valence-electron chi connectivity index (χ2n) is 8.41. The Labute approximate surface area is 192 Å². The van der Waals surface area contributed by atoms with Gasteiger partial charge in [-0.3, -0.25) is 9.69 Å². The maximum atomic E-state index is 12.0. The van der Waals surface area contributed by atoms with E-state index in [0.717, 1.165) is 33.4 Å². The highest BCUT2D eigenvalue weighted by atomic mass is 16.5. The number of hydrogen-bond donors (Lipinski definition) is 1. The van der Waals surface area contributed by atoms with Crippen molar-refractivity contribution in [2.24, 2.45) is 0 Å². The van der Waals surface area contributed by atoms with E-state index >= 15 is 0 Å². The third kappa shape index (κ3) is 3.98. The summed E-state index contributed by atoms with van der Waals surface area (Å²) < 4.78 is 5.39. The number of phenols is 1. The Morgan fingerprint density at radius 2 is 1.91 bits per heavy atom. The lowest BCUT2D eigenvalue weighted by Gasteiger charge is -2.35. The highest BCUT2D eigenvalue weighted by Crippen LogP contribution is 2.35. The molecule has 2 aromatic carbocycles. The number of fused-ring (bicyclic) bond motifs is 2. The van der Waals surface area contributed by atoms with E-state index in [4.69, 9.17) is 4.74 Å². The van der Waals surface area contributed by atoms with Gasteiger partial charge in [0.25, 0.3) is 0 Å². The smallest absolute Gasteiger partial charge is 0.318 e. The Morgan fingerprint density at radius 1 is 1.12 bits per heavy atom. The number of nitrogens with zero attached hydrogens (tertiary/aromatic N) is 5. The van der Waals surface area contributed by atoms with E-state index in [1.165, 1.54) is 6.08 Å². The lowest BCUT2D eigenvalue weighted by Crippen LogP contribution is -2.48. The van der Waals surface area contributed by atoms with Gasteiger partial charge in [-0.2, -0.15) is 9.97 Å². The third-order valence-corrected chi connectivity index (χ3v) is 6.45. The number of piperazine rings is 1. The fraction of sp³-hybridized carbons (Fsp3) is 0.320. The van der Waals surface area contributed by atoms with Crippen LogP contribution in [0.1, 0.15) is 16.8 Å². The van der Waals surface area contributed by atoms with Crippen molar-refractivity contribution in [3.63, 3.8) is 0 Å². The second kappa shape index (κ2) is 8.71. The summed E-state index contributed by atoms with van der Waals surface area (Å²) in [6, 6.07) is 12.2. The molecule has 1 saturated heterocycles. The van der Waals surface area contributed by atoms with Gasteiger partial charge in [0, 0.05) is 56.9 Å². The molecule has 1 amide bonds. The molecule has 0 saturated carbocycles. The monoisotopic (exact) mass is 445 g/mol. The fourth-order valence-electron chi connectivity index (χ4n) is 4.73. The first-order valence-electron chi connectivity index (χ1n) is 11.1. The number of ether oxygens (including phenoxy) is 1. The summed E-state index contributed by atoms with van der Waals surface area (Å²) in [4.78, 5) is 27.5. The first kappa shape index (κ1) is 21.2. The molecule has 1 fully saturated rings. The summed E-state index contributed by atoms with van der Waals surface area (Å²) in [5.41, 5.74) is 2.94. The van der Waals surface area contributed by atoms with Gasteiger partial charge in [-0.1, -0.05) is 36.9 Å². The number of aromatic nitrogens is 2. The zero-order valence-corrected chi connectivity index (χ0v) is 18.7. The number of carbonyl (C=O) groups is 1. The van der Waals surface area contributed by atoms with Crippen LogP contribution in [-0.2, 0) is 24.4 Å². The van der Waals surface area contributed by atoms with E-state index in [1.54, 1.807) is 18.1 Å². The number of phenolic OH excluding ortho intramolecular Hbond substituents is 1. The van der Waals surface area contributed by atoms with Gasteiger partial charge in [-0.05, 0) is 22.9 Å². The summed E-state index contributed by atoms with van der Waals surface area (Å²) >= 11 is 0. The molecule has 8 nitrogen and oxygen atoms in total. The van der Waals surface area contributed by atoms with Crippen LogP contribution in [0, 0.1) is 0 Å². The quantitative estimate of drug-likeness (QED) is 0.605. The van der Waals surface area contributed by atoms with Crippen LogP contribution in [0.25, 0.3) is 10.8 Å². The van der Waals surface area contributed by atoms with Gasteiger partial charge >= 0.3 is 6.01 Å². The molecule has 8 heteroatoms. The molecule has 3 heterocycles. The Hall–Kier alpha value is -3.65. The van der Waals surface area contributed by atoms with Crippen LogP contribution in [0.2, 0.25) is 0 Å². The van der Waals surface area contributed by atoms with Gasteiger partial charge in [0.1, 0.15) is 11.6 Å². The van der Waals surface area contributed by atoms with Gasteiger partial charge < -0.3 is 19.6 Å². The molecule has 3 aromatic rings. The van der Waals surface area contributed by atoms with Crippen LogP contribution in [-0.4, -0.2) is 64.1 Å². The van der Waals surface area contributed by atoms with Crippen LogP contribution < -0.4 is 9.64 Å². The Morgan fingerprint density at radius 3 is 2.67 bits per heavy atom. The van der Waals surface area contributed by atoms with Crippen molar-refractivity contribution in [2.75, 3.05) is 38.2 Å². The van der Waals surface area contributed by atoms with Gasteiger partial charge in [-0.25, -0.2) is 0 Å². The van der Waals surface area contributed by atoms with E-state index in [0.29, 0.717) is 57.6 Å². The van der Waals surface area contributed by atoms with Crippen LogP contribution in [0.4, 0.5) is 5.82 Å².